The number of hydrogen-bond acceptors (Lipinski definition) is 2. The number of carboxylic acids is 1. The van der Waals surface area contributed by atoms with E-state index in [1.165, 1.54) is 0 Å². The summed E-state index contributed by atoms with van der Waals surface area (Å²) in [6, 6.07) is 0.946. The fourth-order valence-electron chi connectivity index (χ4n) is 2.13. The molecule has 0 unspecified atom stereocenters. The molecule has 1 heterocycles. The minimum atomic E-state index is -4.93. The zero-order valence-electron chi connectivity index (χ0n) is 11.7. The van der Waals surface area contributed by atoms with Gasteiger partial charge in [-0.3, -0.25) is 9.78 Å². The molecule has 11 heteroatoms. The first-order chi connectivity index (χ1) is 11.5. The van der Waals surface area contributed by atoms with Gasteiger partial charge in [0, 0.05) is 11.8 Å². The van der Waals surface area contributed by atoms with Crippen LogP contribution in [0, 0.1) is 0 Å². The van der Waals surface area contributed by atoms with Crippen molar-refractivity contribution in [2.24, 2.45) is 0 Å². The Kier molecular flexibility index (Phi) is 6.01. The molecule has 0 bridgehead atoms. The summed E-state index contributed by atoms with van der Waals surface area (Å²) in [4.78, 5) is 14.6. The number of hydrogen-bond donors (Lipinski definition) is 1. The van der Waals surface area contributed by atoms with Gasteiger partial charge in [-0.25, -0.2) is 0 Å². The number of carbonyl (C=O) groups is 1. The molecular weight excluding hydrogens is 448 g/mol. The second-order valence-corrected chi connectivity index (χ2v) is 6.60. The predicted molar refractivity (Wildman–Crippen MR) is 91.1 cm³/mol. The van der Waals surface area contributed by atoms with Gasteiger partial charge < -0.3 is 5.11 Å². The van der Waals surface area contributed by atoms with E-state index in [-0.39, 0.29) is 30.7 Å². The maximum atomic E-state index is 13.6. The second-order valence-electron chi connectivity index (χ2n) is 4.71. The summed E-state index contributed by atoms with van der Waals surface area (Å²) in [5, 5.41) is 7.26. The van der Waals surface area contributed by atoms with Gasteiger partial charge in [0.1, 0.15) is 0 Å². The van der Waals surface area contributed by atoms with Crippen molar-refractivity contribution in [2.45, 2.75) is 12.6 Å². The Balaban J connectivity index is 2.92. The second kappa shape index (κ2) is 7.37. The average molecular weight is 453 g/mol. The lowest BCUT2D eigenvalue weighted by atomic mass is 9.98. The zero-order valence-corrected chi connectivity index (χ0v) is 15.5. The van der Waals surface area contributed by atoms with Crippen LogP contribution in [0.1, 0.15) is 11.1 Å². The highest BCUT2D eigenvalue weighted by molar-refractivity contribution is 6.56. The lowest BCUT2D eigenvalue weighted by Gasteiger charge is -2.19. The normalized spacial score (nSPS) is 11.7. The number of pyridine rings is 1. The van der Waals surface area contributed by atoms with Crippen LogP contribution >= 0.6 is 58.0 Å². The molecule has 0 aliphatic rings. The summed E-state index contributed by atoms with van der Waals surface area (Å²) in [5.41, 5.74) is -2.89. The summed E-state index contributed by atoms with van der Waals surface area (Å²) >= 11 is 29.6. The molecule has 1 aromatic heterocycles. The smallest absolute Gasteiger partial charge is 0.418 e. The van der Waals surface area contributed by atoms with Crippen molar-refractivity contribution in [1.29, 1.82) is 0 Å². The van der Waals surface area contributed by atoms with Crippen molar-refractivity contribution in [3.05, 3.63) is 48.5 Å². The molecule has 0 atom stereocenters. The van der Waals surface area contributed by atoms with E-state index in [2.05, 4.69) is 4.98 Å². The maximum Gasteiger partial charge on any atom is 0.418 e. The molecule has 2 aromatic rings. The van der Waals surface area contributed by atoms with Gasteiger partial charge in [0.2, 0.25) is 0 Å². The molecule has 0 spiro atoms. The Labute approximate surface area is 164 Å². The summed E-state index contributed by atoms with van der Waals surface area (Å²) in [6.45, 7) is 0. The summed E-state index contributed by atoms with van der Waals surface area (Å²) in [5.74, 6) is -1.45. The van der Waals surface area contributed by atoms with Crippen LogP contribution in [0.4, 0.5) is 13.2 Å². The fraction of sp³-hybridized carbons (Fsp3) is 0.143. The molecule has 25 heavy (non-hydrogen) atoms. The van der Waals surface area contributed by atoms with Crippen molar-refractivity contribution < 1.29 is 23.1 Å². The minimum absolute atomic E-state index is 0.225. The van der Waals surface area contributed by atoms with Gasteiger partial charge >= 0.3 is 12.1 Å². The number of aliphatic carboxylic acids is 1. The number of carboxylic acid groups (broad SMARTS) is 1. The van der Waals surface area contributed by atoms with Gasteiger partial charge in [0.25, 0.3) is 0 Å². The highest BCUT2D eigenvalue weighted by Crippen LogP contribution is 2.50. The Bertz CT molecular complexity index is 842. The standard InChI is InChI=1S/C14H5Cl5F3NO2/c15-8-6(9(16)11(18)12(19)10(8)17)13-7(14(20,21)22)4(1-2-23-13)3-5(24)25/h1-2H,3H2,(H,24,25). The number of rotatable bonds is 3. The number of halogens is 8. The monoisotopic (exact) mass is 451 g/mol. The Hall–Kier alpha value is -0.920. The third-order valence-corrected chi connectivity index (χ3v) is 5.39. The van der Waals surface area contributed by atoms with Crippen molar-refractivity contribution in [2.75, 3.05) is 0 Å². The molecule has 3 nitrogen and oxygen atoms in total. The SMILES string of the molecule is O=C(O)Cc1ccnc(-c2c(Cl)c(Cl)c(Cl)c(Cl)c2Cl)c1C(F)(F)F. The number of alkyl halides is 3. The van der Waals surface area contributed by atoms with Crippen LogP contribution in [-0.4, -0.2) is 16.1 Å². The van der Waals surface area contributed by atoms with Crippen LogP contribution in [-0.2, 0) is 17.4 Å². The molecule has 1 N–H and O–H groups in total. The largest absolute Gasteiger partial charge is 0.481 e. The molecule has 0 fully saturated rings. The number of nitrogens with zero attached hydrogens (tertiary/aromatic N) is 1. The summed E-state index contributed by atoms with van der Waals surface area (Å²) in [7, 11) is 0. The first-order valence-electron chi connectivity index (χ1n) is 6.25. The van der Waals surface area contributed by atoms with E-state index in [0.29, 0.717) is 0 Å². The summed E-state index contributed by atoms with van der Waals surface area (Å²) < 4.78 is 40.7. The van der Waals surface area contributed by atoms with Crippen LogP contribution in [0.3, 0.4) is 0 Å². The van der Waals surface area contributed by atoms with Gasteiger partial charge in [-0.15, -0.1) is 0 Å². The lowest BCUT2D eigenvalue weighted by molar-refractivity contribution is -0.139. The highest BCUT2D eigenvalue weighted by atomic mass is 35.5. The Morgan fingerprint density at radius 1 is 1.00 bits per heavy atom. The van der Waals surface area contributed by atoms with E-state index < -0.39 is 35.4 Å². The van der Waals surface area contributed by atoms with Crippen molar-refractivity contribution in [1.82, 2.24) is 4.98 Å². The molecule has 0 saturated heterocycles. The molecular formula is C14H5Cl5F3NO2. The van der Waals surface area contributed by atoms with E-state index in [0.717, 1.165) is 12.3 Å². The van der Waals surface area contributed by atoms with Crippen LogP contribution in [0.5, 0.6) is 0 Å². The molecule has 0 radical (unpaired) electrons. The van der Waals surface area contributed by atoms with Crippen LogP contribution in [0.2, 0.25) is 25.1 Å². The maximum absolute atomic E-state index is 13.6. The van der Waals surface area contributed by atoms with Gasteiger partial charge in [0.15, 0.2) is 0 Å². The number of aromatic nitrogens is 1. The fourth-order valence-corrected chi connectivity index (χ4v) is 3.45. The zero-order chi connectivity index (χ0) is 19.1. The van der Waals surface area contributed by atoms with E-state index >= 15 is 0 Å². The molecule has 134 valence electrons. The van der Waals surface area contributed by atoms with Crippen LogP contribution in [0.25, 0.3) is 11.3 Å². The first kappa shape index (κ1) is 20.4. The van der Waals surface area contributed by atoms with Crippen molar-refractivity contribution in [3.63, 3.8) is 0 Å². The third-order valence-electron chi connectivity index (χ3n) is 3.11. The van der Waals surface area contributed by atoms with E-state index in [9.17, 15) is 18.0 Å². The predicted octanol–water partition coefficient (Wildman–Crippen LogP) is 6.66. The minimum Gasteiger partial charge on any atom is -0.481 e. The molecule has 1 aromatic carbocycles. The van der Waals surface area contributed by atoms with Gasteiger partial charge in [0.05, 0.1) is 42.8 Å². The summed E-state index contributed by atoms with van der Waals surface area (Å²) in [6.07, 6.45) is -4.81. The van der Waals surface area contributed by atoms with Crippen LogP contribution in [0.15, 0.2) is 12.3 Å². The highest BCUT2D eigenvalue weighted by Gasteiger charge is 2.39. The quantitative estimate of drug-likeness (QED) is 0.418. The molecule has 0 aliphatic carbocycles. The van der Waals surface area contributed by atoms with Gasteiger partial charge in [-0.2, -0.15) is 13.2 Å². The van der Waals surface area contributed by atoms with Gasteiger partial charge in [-0.05, 0) is 11.6 Å². The first-order valence-corrected chi connectivity index (χ1v) is 8.14. The molecule has 0 aliphatic heterocycles. The third kappa shape index (κ3) is 3.93. The lowest BCUT2D eigenvalue weighted by Crippen LogP contribution is -2.15. The molecule has 2 rings (SSSR count). The molecule has 0 saturated carbocycles. The number of benzene rings is 1. The van der Waals surface area contributed by atoms with E-state index in [1.807, 2.05) is 0 Å². The van der Waals surface area contributed by atoms with E-state index in [4.69, 9.17) is 63.1 Å². The topological polar surface area (TPSA) is 50.2 Å². The van der Waals surface area contributed by atoms with Crippen molar-refractivity contribution in [3.8, 4) is 11.3 Å². The van der Waals surface area contributed by atoms with Crippen LogP contribution < -0.4 is 0 Å². The Morgan fingerprint density at radius 3 is 1.92 bits per heavy atom. The molecule has 0 amide bonds. The average Bonchev–Trinajstić information content (AvgIpc) is 2.49. The van der Waals surface area contributed by atoms with E-state index in [1.54, 1.807) is 0 Å². The van der Waals surface area contributed by atoms with Crippen molar-refractivity contribution >= 4 is 64.0 Å². The van der Waals surface area contributed by atoms with Gasteiger partial charge in [-0.1, -0.05) is 58.0 Å². The Morgan fingerprint density at radius 2 is 1.48 bits per heavy atom.